The molecule has 0 saturated carbocycles. The summed E-state index contributed by atoms with van der Waals surface area (Å²) >= 11 is 0. The Balaban J connectivity index is 2.15. The largest absolute Gasteiger partial charge is 0.444 e. The number of halogens is 1. The van der Waals surface area contributed by atoms with E-state index in [1.54, 1.807) is 20.8 Å². The third kappa shape index (κ3) is 5.42. The lowest BCUT2D eigenvalue weighted by Gasteiger charge is -2.43. The van der Waals surface area contributed by atoms with Gasteiger partial charge in [-0.3, -0.25) is 5.32 Å². The maximum atomic E-state index is 15.2. The van der Waals surface area contributed by atoms with Gasteiger partial charge < -0.3 is 19.0 Å². The molecule has 3 atom stereocenters. The van der Waals surface area contributed by atoms with Crippen molar-refractivity contribution in [1.29, 1.82) is 0 Å². The predicted molar refractivity (Wildman–Crippen MR) is 139 cm³/mol. The molecule has 0 spiro atoms. The quantitative estimate of drug-likeness (QED) is 0.542. The smallest absolute Gasteiger partial charge is 0.414 e. The lowest BCUT2D eigenvalue weighted by Crippen LogP contribution is -2.65. The van der Waals surface area contributed by atoms with Crippen molar-refractivity contribution in [2.24, 2.45) is 4.99 Å². The summed E-state index contributed by atoms with van der Waals surface area (Å²) in [6.07, 6.45) is -0.939. The SMILES string of the molecule is CN1C(NC(=O)OC(C)(C)C)=NC2(c3ccccc3F)COC(O)(CO[Si](C)(C)C(C)(C)C)C2S1(=O)=O. The van der Waals surface area contributed by atoms with Gasteiger partial charge in [-0.1, -0.05) is 39.0 Å². The number of ether oxygens (including phenoxy) is 2. The summed E-state index contributed by atoms with van der Waals surface area (Å²) in [7, 11) is -5.74. The first-order valence-electron chi connectivity index (χ1n) is 12.0. The van der Waals surface area contributed by atoms with Crippen molar-refractivity contribution in [3.63, 3.8) is 0 Å². The Morgan fingerprint density at radius 3 is 2.41 bits per heavy atom. The molecule has 1 amide bonds. The number of nitrogens with zero attached hydrogens (tertiary/aromatic N) is 2. The molecule has 37 heavy (non-hydrogen) atoms. The van der Waals surface area contributed by atoms with E-state index in [1.165, 1.54) is 31.3 Å². The minimum Gasteiger partial charge on any atom is -0.444 e. The van der Waals surface area contributed by atoms with Crippen LogP contribution in [0.15, 0.2) is 29.3 Å². The Kier molecular flexibility index (Phi) is 7.41. The molecule has 1 fully saturated rings. The van der Waals surface area contributed by atoms with Gasteiger partial charge in [0.25, 0.3) is 0 Å². The van der Waals surface area contributed by atoms with Crippen LogP contribution in [-0.2, 0) is 29.5 Å². The molecular formula is C24H38FN3O7SSi. The highest BCUT2D eigenvalue weighted by Gasteiger charge is 2.69. The highest BCUT2D eigenvalue weighted by molar-refractivity contribution is 7.90. The fourth-order valence-electron chi connectivity index (χ4n) is 4.08. The maximum absolute atomic E-state index is 15.2. The van der Waals surface area contributed by atoms with Crippen molar-refractivity contribution in [2.45, 2.75) is 81.9 Å². The fraction of sp³-hybridized carbons (Fsp3) is 0.667. The van der Waals surface area contributed by atoms with Gasteiger partial charge in [0.1, 0.15) is 17.0 Å². The summed E-state index contributed by atoms with van der Waals surface area (Å²) in [6.45, 7) is 14.0. The van der Waals surface area contributed by atoms with Crippen LogP contribution in [-0.4, -0.2) is 75.1 Å². The van der Waals surface area contributed by atoms with E-state index in [-0.39, 0.29) is 16.6 Å². The number of benzene rings is 1. The van der Waals surface area contributed by atoms with Crippen molar-refractivity contribution < 1.29 is 36.6 Å². The zero-order chi connectivity index (χ0) is 28.2. The first-order chi connectivity index (χ1) is 16.7. The van der Waals surface area contributed by atoms with Crippen LogP contribution < -0.4 is 5.32 Å². The average Bonchev–Trinajstić information content (AvgIpc) is 3.03. The number of sulfonamides is 1. The average molecular weight is 560 g/mol. The van der Waals surface area contributed by atoms with E-state index in [2.05, 4.69) is 10.3 Å². The van der Waals surface area contributed by atoms with Gasteiger partial charge in [0.15, 0.2) is 13.6 Å². The van der Waals surface area contributed by atoms with Crippen LogP contribution in [0.1, 0.15) is 47.1 Å². The Labute approximate surface area is 219 Å². The highest BCUT2D eigenvalue weighted by atomic mass is 32.2. The second-order valence-electron chi connectivity index (χ2n) is 12.0. The summed E-state index contributed by atoms with van der Waals surface area (Å²) < 4.78 is 61.0. The molecular weight excluding hydrogens is 521 g/mol. The minimum atomic E-state index is -4.49. The van der Waals surface area contributed by atoms with Gasteiger partial charge in [0.2, 0.25) is 21.8 Å². The zero-order valence-corrected chi connectivity index (χ0v) is 24.7. The molecule has 10 nitrogen and oxygen atoms in total. The van der Waals surface area contributed by atoms with Crippen molar-refractivity contribution in [3.8, 4) is 0 Å². The van der Waals surface area contributed by atoms with Gasteiger partial charge in [-0.15, -0.1) is 0 Å². The lowest BCUT2D eigenvalue weighted by atomic mass is 9.86. The topological polar surface area (TPSA) is 127 Å². The van der Waals surface area contributed by atoms with Gasteiger partial charge in [-0.25, -0.2) is 26.9 Å². The summed E-state index contributed by atoms with van der Waals surface area (Å²) in [4.78, 5) is 17.0. The molecule has 0 bridgehead atoms. The predicted octanol–water partition coefficient (Wildman–Crippen LogP) is 3.29. The number of hydrogen-bond acceptors (Lipinski definition) is 8. The second kappa shape index (κ2) is 9.29. The lowest BCUT2D eigenvalue weighted by molar-refractivity contribution is -0.188. The van der Waals surface area contributed by atoms with E-state index >= 15 is 4.39 Å². The Bertz CT molecular complexity index is 1200. The van der Waals surface area contributed by atoms with Crippen LogP contribution >= 0.6 is 0 Å². The number of carbonyl (C=O) groups is 1. The molecule has 2 heterocycles. The van der Waals surface area contributed by atoms with Crippen LogP contribution in [0.5, 0.6) is 0 Å². The molecule has 1 aromatic carbocycles. The standard InChI is InChI=1S/C24H38FN3O7SSi/c1-21(2,3)35-20(29)26-19-27-23(16-12-10-11-13-17(16)25)14-33-24(30,18(23)36(31,32)28(19)7)15-34-37(8,9)22(4,5)6/h10-13,18,30H,14-15H2,1-9H3,(H,26,27,29). The van der Waals surface area contributed by atoms with Crippen molar-refractivity contribution in [3.05, 3.63) is 35.6 Å². The molecule has 13 heteroatoms. The Morgan fingerprint density at radius 1 is 1.27 bits per heavy atom. The number of amides is 1. The number of aliphatic imine (C=N–C) groups is 1. The molecule has 208 valence electrons. The molecule has 2 aliphatic heterocycles. The molecule has 1 saturated heterocycles. The molecule has 3 rings (SSSR count). The second-order valence-corrected chi connectivity index (χ2v) is 18.9. The first kappa shape index (κ1) is 29.5. The molecule has 2 aliphatic rings. The number of fused-ring (bicyclic) bond motifs is 1. The third-order valence-electron chi connectivity index (χ3n) is 7.07. The Morgan fingerprint density at radius 2 is 1.86 bits per heavy atom. The molecule has 0 aliphatic carbocycles. The molecule has 1 aromatic rings. The first-order valence-corrected chi connectivity index (χ1v) is 16.4. The molecule has 0 aromatic heterocycles. The number of nitrogens with one attached hydrogen (secondary N) is 1. The number of alkyl carbamates (subject to hydrolysis) is 1. The number of rotatable bonds is 4. The normalized spacial score (nSPS) is 27.9. The van der Waals surface area contributed by atoms with E-state index in [0.717, 1.165) is 4.31 Å². The third-order valence-corrected chi connectivity index (χ3v) is 13.8. The fourth-order valence-corrected chi connectivity index (χ4v) is 7.06. The van der Waals surface area contributed by atoms with E-state index in [9.17, 15) is 18.3 Å². The van der Waals surface area contributed by atoms with Crippen LogP contribution in [0.25, 0.3) is 0 Å². The molecule has 3 unspecified atom stereocenters. The van der Waals surface area contributed by atoms with Crippen molar-refractivity contribution in [2.75, 3.05) is 20.3 Å². The number of guanidine groups is 1. The van der Waals surface area contributed by atoms with Gasteiger partial charge >= 0.3 is 6.09 Å². The number of hydrogen-bond donors (Lipinski definition) is 2. The van der Waals surface area contributed by atoms with E-state index in [1.807, 2.05) is 33.9 Å². The summed E-state index contributed by atoms with van der Waals surface area (Å²) in [5.74, 6) is -3.45. The van der Waals surface area contributed by atoms with Crippen LogP contribution in [0, 0.1) is 5.82 Å². The van der Waals surface area contributed by atoms with E-state index < -0.39 is 65.6 Å². The van der Waals surface area contributed by atoms with Gasteiger partial charge in [-0.2, -0.15) is 0 Å². The molecule has 0 radical (unpaired) electrons. The van der Waals surface area contributed by atoms with Gasteiger partial charge in [0, 0.05) is 12.6 Å². The van der Waals surface area contributed by atoms with Crippen LogP contribution in [0.2, 0.25) is 18.1 Å². The minimum absolute atomic E-state index is 0.0941. The van der Waals surface area contributed by atoms with Gasteiger partial charge in [-0.05, 0) is 45.0 Å². The van der Waals surface area contributed by atoms with Crippen LogP contribution in [0.4, 0.5) is 9.18 Å². The molecule has 2 N–H and O–H groups in total. The van der Waals surface area contributed by atoms with Crippen molar-refractivity contribution >= 4 is 30.4 Å². The zero-order valence-electron chi connectivity index (χ0n) is 22.9. The summed E-state index contributed by atoms with van der Waals surface area (Å²) in [6, 6.07) is 5.56. The number of aliphatic hydroxyl groups is 1. The van der Waals surface area contributed by atoms with Gasteiger partial charge in [0.05, 0.1) is 13.2 Å². The van der Waals surface area contributed by atoms with Crippen molar-refractivity contribution in [1.82, 2.24) is 9.62 Å². The van der Waals surface area contributed by atoms with E-state index in [4.69, 9.17) is 13.9 Å². The summed E-state index contributed by atoms with van der Waals surface area (Å²) in [5, 5.41) is 12.0. The summed E-state index contributed by atoms with van der Waals surface area (Å²) in [5.41, 5.74) is -2.86. The highest BCUT2D eigenvalue weighted by Crippen LogP contribution is 2.50. The van der Waals surface area contributed by atoms with Crippen LogP contribution in [0.3, 0.4) is 0 Å². The maximum Gasteiger partial charge on any atom is 0.414 e. The monoisotopic (exact) mass is 559 g/mol. The van der Waals surface area contributed by atoms with E-state index in [0.29, 0.717) is 0 Å². The number of carbonyl (C=O) groups excluding carboxylic acids is 1. The Hall–Kier alpha value is -2.06.